The number of hydrogen-bond donors (Lipinski definition) is 6. The summed E-state index contributed by atoms with van der Waals surface area (Å²) in [5.41, 5.74) is 0. The molecule has 7 atom stereocenters. The Kier molecular flexibility index (Phi) is 34.3. The average molecular weight is 780 g/mol. The molecular weight excluding hydrogens is 695 g/mol. The summed E-state index contributed by atoms with van der Waals surface area (Å²) in [5, 5.41) is 54.1. The molecule has 1 heterocycles. The first-order valence-corrected chi connectivity index (χ1v) is 22.7. The van der Waals surface area contributed by atoms with Crippen molar-refractivity contribution in [1.82, 2.24) is 5.32 Å². The van der Waals surface area contributed by atoms with Crippen molar-refractivity contribution >= 4 is 5.91 Å². The van der Waals surface area contributed by atoms with Gasteiger partial charge in [-0.1, -0.05) is 166 Å². The second-order valence-corrected chi connectivity index (χ2v) is 15.8. The molecule has 0 spiro atoms. The molecular formula is C46H85NO8. The van der Waals surface area contributed by atoms with Crippen LogP contribution in [0.2, 0.25) is 0 Å². The molecule has 1 aliphatic heterocycles. The largest absolute Gasteiger partial charge is 0.394 e. The third-order valence-electron chi connectivity index (χ3n) is 10.7. The van der Waals surface area contributed by atoms with Crippen LogP contribution in [-0.4, -0.2) is 87.5 Å². The van der Waals surface area contributed by atoms with E-state index < -0.39 is 49.5 Å². The molecule has 0 bridgehead atoms. The first kappa shape index (κ1) is 51.4. The van der Waals surface area contributed by atoms with E-state index in [1.54, 1.807) is 6.08 Å². The van der Waals surface area contributed by atoms with Crippen LogP contribution in [0.25, 0.3) is 0 Å². The fourth-order valence-corrected chi connectivity index (χ4v) is 6.99. The minimum absolute atomic E-state index is 0.191. The van der Waals surface area contributed by atoms with Crippen molar-refractivity contribution in [2.75, 3.05) is 13.2 Å². The lowest BCUT2D eigenvalue weighted by Crippen LogP contribution is -2.60. The topological polar surface area (TPSA) is 149 Å². The number of carbonyl (C=O) groups excluding carboxylic acids is 1. The van der Waals surface area contributed by atoms with E-state index in [-0.39, 0.29) is 12.5 Å². The molecule has 55 heavy (non-hydrogen) atoms. The van der Waals surface area contributed by atoms with Crippen LogP contribution >= 0.6 is 0 Å². The molecule has 0 saturated carbocycles. The van der Waals surface area contributed by atoms with Crippen LogP contribution in [0, 0.1) is 0 Å². The van der Waals surface area contributed by atoms with Gasteiger partial charge in [0, 0.05) is 6.42 Å². The van der Waals surface area contributed by atoms with Gasteiger partial charge in [0.15, 0.2) is 6.29 Å². The maximum Gasteiger partial charge on any atom is 0.220 e. The highest BCUT2D eigenvalue weighted by molar-refractivity contribution is 5.76. The molecule has 1 amide bonds. The van der Waals surface area contributed by atoms with E-state index in [9.17, 15) is 30.3 Å². The second-order valence-electron chi connectivity index (χ2n) is 15.8. The molecule has 322 valence electrons. The molecule has 2 unspecified atom stereocenters. The summed E-state index contributed by atoms with van der Waals surface area (Å²) in [6.45, 7) is 3.73. The van der Waals surface area contributed by atoms with E-state index >= 15 is 0 Å². The summed E-state index contributed by atoms with van der Waals surface area (Å²) >= 11 is 0. The van der Waals surface area contributed by atoms with E-state index in [0.29, 0.717) is 6.42 Å². The smallest absolute Gasteiger partial charge is 0.220 e. The predicted molar refractivity (Wildman–Crippen MR) is 226 cm³/mol. The summed E-state index contributed by atoms with van der Waals surface area (Å²) in [6.07, 6.45) is 37.6. The number of unbranched alkanes of at least 4 members (excludes halogenated alkanes) is 23. The molecule has 0 aromatic carbocycles. The molecule has 9 heteroatoms. The number of nitrogens with one attached hydrogen (secondary N) is 1. The Balaban J connectivity index is 2.36. The van der Waals surface area contributed by atoms with E-state index in [1.165, 1.54) is 135 Å². The van der Waals surface area contributed by atoms with Gasteiger partial charge in [-0.25, -0.2) is 0 Å². The summed E-state index contributed by atoms with van der Waals surface area (Å²) in [6, 6.07) is -0.820. The number of hydrogen-bond acceptors (Lipinski definition) is 8. The highest BCUT2D eigenvalue weighted by Gasteiger charge is 2.44. The molecule has 1 saturated heterocycles. The SMILES string of the molecule is CCCCCCCC/C=C/CCCCCCCCCCCC(=O)N[C@@H](CO[C@H]1O[C@@H](CO)[C@H](O)C(O)C1O)[C@H](O)/C=C/CC/C=C/CCCCCCCCC. The molecule has 1 rings (SSSR count). The number of ether oxygens (including phenoxy) is 2. The number of allylic oxidation sites excluding steroid dienone is 5. The van der Waals surface area contributed by atoms with Crippen molar-refractivity contribution in [3.63, 3.8) is 0 Å². The number of aliphatic hydroxyl groups is 5. The van der Waals surface area contributed by atoms with Crippen LogP contribution in [0.1, 0.15) is 194 Å². The maximum atomic E-state index is 12.9. The number of amides is 1. The Morgan fingerprint density at radius 3 is 1.53 bits per heavy atom. The third-order valence-corrected chi connectivity index (χ3v) is 10.7. The summed E-state index contributed by atoms with van der Waals surface area (Å²) < 4.78 is 11.2. The maximum absolute atomic E-state index is 12.9. The van der Waals surface area contributed by atoms with Crippen LogP contribution in [0.15, 0.2) is 36.5 Å². The van der Waals surface area contributed by atoms with Gasteiger partial charge in [-0.15, -0.1) is 0 Å². The van der Waals surface area contributed by atoms with E-state index in [0.717, 1.165) is 38.5 Å². The van der Waals surface area contributed by atoms with Gasteiger partial charge in [-0.3, -0.25) is 4.79 Å². The van der Waals surface area contributed by atoms with Crippen molar-refractivity contribution in [1.29, 1.82) is 0 Å². The summed E-state index contributed by atoms with van der Waals surface area (Å²) in [5.74, 6) is -0.191. The highest BCUT2D eigenvalue weighted by Crippen LogP contribution is 2.22. The first-order chi connectivity index (χ1) is 26.8. The zero-order valence-electron chi connectivity index (χ0n) is 35.2. The quantitative estimate of drug-likeness (QED) is 0.0270. The second kappa shape index (κ2) is 36.7. The Hall–Kier alpha value is -1.59. The number of carbonyl (C=O) groups is 1. The van der Waals surface area contributed by atoms with Crippen molar-refractivity contribution in [3.8, 4) is 0 Å². The van der Waals surface area contributed by atoms with E-state index in [2.05, 4.69) is 43.5 Å². The molecule has 1 fully saturated rings. The van der Waals surface area contributed by atoms with Crippen molar-refractivity contribution in [3.05, 3.63) is 36.5 Å². The molecule has 9 nitrogen and oxygen atoms in total. The molecule has 6 N–H and O–H groups in total. The highest BCUT2D eigenvalue weighted by atomic mass is 16.7. The standard InChI is InChI=1S/C46H85NO8/c1-3-5-7-9-11-13-15-17-18-19-20-21-22-24-26-28-30-32-34-36-42(50)47-39(38-54-46-45(53)44(52)43(51)41(37-48)55-46)40(49)35-33-31-29-27-25-23-16-14-12-10-8-6-4-2/h17-18,25,27,33,35,39-41,43-46,48-49,51-53H,3-16,19-24,26,28-32,34,36-38H2,1-2H3,(H,47,50)/b18-17+,27-25+,35-33+/t39-,40+,41-,43-,44?,45?,46-/m0/s1. The normalized spacial score (nSPS) is 21.6. The third kappa shape index (κ3) is 27.6. The van der Waals surface area contributed by atoms with Crippen LogP contribution in [-0.2, 0) is 14.3 Å². The fourth-order valence-electron chi connectivity index (χ4n) is 6.99. The van der Waals surface area contributed by atoms with Gasteiger partial charge >= 0.3 is 0 Å². The van der Waals surface area contributed by atoms with Crippen molar-refractivity contribution in [2.45, 2.75) is 236 Å². The zero-order chi connectivity index (χ0) is 40.2. The fraction of sp³-hybridized carbons (Fsp3) is 0.848. The molecule has 0 aliphatic carbocycles. The monoisotopic (exact) mass is 780 g/mol. The van der Waals surface area contributed by atoms with E-state index in [1.807, 2.05) is 6.08 Å². The van der Waals surface area contributed by atoms with Crippen LogP contribution in [0.3, 0.4) is 0 Å². The summed E-state index contributed by atoms with van der Waals surface area (Å²) in [4.78, 5) is 12.9. The lowest BCUT2D eigenvalue weighted by molar-refractivity contribution is -0.302. The average Bonchev–Trinajstić information content (AvgIpc) is 3.18. The minimum Gasteiger partial charge on any atom is -0.394 e. The number of rotatable bonds is 37. The minimum atomic E-state index is -1.57. The van der Waals surface area contributed by atoms with Gasteiger partial charge in [0.2, 0.25) is 5.91 Å². The summed E-state index contributed by atoms with van der Waals surface area (Å²) in [7, 11) is 0. The molecule has 1 aliphatic rings. The van der Waals surface area contributed by atoms with Gasteiger partial charge in [0.1, 0.15) is 24.4 Å². The van der Waals surface area contributed by atoms with Gasteiger partial charge in [-0.05, 0) is 57.8 Å². The van der Waals surface area contributed by atoms with Crippen LogP contribution in [0.4, 0.5) is 0 Å². The zero-order valence-corrected chi connectivity index (χ0v) is 35.2. The Bertz CT molecular complexity index is 956. The van der Waals surface area contributed by atoms with Gasteiger partial charge in [-0.2, -0.15) is 0 Å². The van der Waals surface area contributed by atoms with Crippen molar-refractivity contribution < 1.29 is 39.8 Å². The van der Waals surface area contributed by atoms with E-state index in [4.69, 9.17) is 9.47 Å². The van der Waals surface area contributed by atoms with Gasteiger partial charge < -0.3 is 40.3 Å². The lowest BCUT2D eigenvalue weighted by atomic mass is 9.99. The number of aliphatic hydroxyl groups excluding tert-OH is 5. The van der Waals surface area contributed by atoms with Crippen LogP contribution in [0.5, 0.6) is 0 Å². The Morgan fingerprint density at radius 1 is 0.600 bits per heavy atom. The van der Waals surface area contributed by atoms with Crippen molar-refractivity contribution in [2.24, 2.45) is 0 Å². The van der Waals surface area contributed by atoms with Gasteiger partial charge in [0.25, 0.3) is 0 Å². The van der Waals surface area contributed by atoms with Gasteiger partial charge in [0.05, 0.1) is 25.4 Å². The molecule has 0 radical (unpaired) electrons. The molecule has 0 aromatic rings. The molecule has 0 aromatic heterocycles. The first-order valence-electron chi connectivity index (χ1n) is 22.7. The Labute approximate surface area is 336 Å². The van der Waals surface area contributed by atoms with Crippen LogP contribution < -0.4 is 5.32 Å². The Morgan fingerprint density at radius 2 is 1.04 bits per heavy atom. The predicted octanol–water partition coefficient (Wildman–Crippen LogP) is 9.28. The lowest BCUT2D eigenvalue weighted by Gasteiger charge is -2.40.